The Morgan fingerprint density at radius 3 is 2.17 bits per heavy atom. The Balaban J connectivity index is 1.38. The second-order valence-electron chi connectivity index (χ2n) is 6.85. The van der Waals surface area contributed by atoms with Gasteiger partial charge in [0.25, 0.3) is 10.0 Å². The standard InChI is InChI=1S/C23H26N2O4S/c26-21(18-29-22-7-3-1-4-8-22)17-24-16-15-19-11-13-20(14-12-19)25-30(27,28)23-9-5-2-6-10-23/h1-14,21,24-26H,15-18H2/t21-/m0/s1. The lowest BCUT2D eigenvalue weighted by Gasteiger charge is -2.13. The zero-order valence-corrected chi connectivity index (χ0v) is 17.4. The Labute approximate surface area is 177 Å². The summed E-state index contributed by atoms with van der Waals surface area (Å²) in [7, 11) is -3.58. The van der Waals surface area contributed by atoms with E-state index in [1.54, 1.807) is 42.5 Å². The van der Waals surface area contributed by atoms with Gasteiger partial charge in [-0.25, -0.2) is 8.42 Å². The molecule has 3 N–H and O–H groups in total. The molecular weight excluding hydrogens is 400 g/mol. The van der Waals surface area contributed by atoms with Crippen molar-refractivity contribution in [1.29, 1.82) is 0 Å². The molecule has 0 aliphatic heterocycles. The lowest BCUT2D eigenvalue weighted by Crippen LogP contribution is -2.32. The van der Waals surface area contributed by atoms with Gasteiger partial charge in [-0.2, -0.15) is 0 Å². The molecule has 0 aromatic heterocycles. The second-order valence-corrected chi connectivity index (χ2v) is 8.53. The minimum Gasteiger partial charge on any atom is -0.491 e. The molecule has 3 rings (SSSR count). The van der Waals surface area contributed by atoms with Crippen LogP contribution >= 0.6 is 0 Å². The van der Waals surface area contributed by atoms with Gasteiger partial charge in [-0.05, 0) is 54.9 Å². The summed E-state index contributed by atoms with van der Waals surface area (Å²) in [6.07, 6.45) is 0.165. The molecule has 0 saturated carbocycles. The molecule has 0 saturated heterocycles. The number of sulfonamides is 1. The number of aliphatic hydroxyl groups excluding tert-OH is 1. The number of hydrogen-bond acceptors (Lipinski definition) is 5. The van der Waals surface area contributed by atoms with Crippen LogP contribution in [0.1, 0.15) is 5.56 Å². The molecule has 0 aliphatic rings. The smallest absolute Gasteiger partial charge is 0.261 e. The third-order valence-electron chi connectivity index (χ3n) is 4.42. The molecule has 1 atom stereocenters. The summed E-state index contributed by atoms with van der Waals surface area (Å²) in [5.41, 5.74) is 1.59. The van der Waals surface area contributed by atoms with Crippen LogP contribution in [-0.2, 0) is 16.4 Å². The van der Waals surface area contributed by atoms with Crippen molar-refractivity contribution in [2.75, 3.05) is 24.4 Å². The van der Waals surface area contributed by atoms with Crippen LogP contribution in [0.15, 0.2) is 89.8 Å². The van der Waals surface area contributed by atoms with Gasteiger partial charge in [-0.3, -0.25) is 4.72 Å². The Hall–Kier alpha value is -2.87. The van der Waals surface area contributed by atoms with Gasteiger partial charge >= 0.3 is 0 Å². The summed E-state index contributed by atoms with van der Waals surface area (Å²) in [6.45, 7) is 1.35. The molecule has 3 aromatic carbocycles. The fourth-order valence-corrected chi connectivity index (χ4v) is 3.90. The van der Waals surface area contributed by atoms with Crippen LogP contribution in [0.5, 0.6) is 5.75 Å². The largest absolute Gasteiger partial charge is 0.491 e. The molecule has 158 valence electrons. The van der Waals surface area contributed by atoms with Gasteiger partial charge in [0, 0.05) is 12.2 Å². The number of rotatable bonds is 11. The molecule has 0 radical (unpaired) electrons. The van der Waals surface area contributed by atoms with E-state index in [4.69, 9.17) is 4.74 Å². The van der Waals surface area contributed by atoms with Crippen molar-refractivity contribution in [2.45, 2.75) is 17.4 Å². The summed E-state index contributed by atoms with van der Waals surface area (Å²) >= 11 is 0. The Kier molecular flexibility index (Phi) is 7.84. The second kappa shape index (κ2) is 10.8. The van der Waals surface area contributed by atoms with E-state index in [0.717, 1.165) is 17.7 Å². The van der Waals surface area contributed by atoms with Crippen LogP contribution in [0.25, 0.3) is 0 Å². The van der Waals surface area contributed by atoms with Crippen LogP contribution in [0, 0.1) is 0 Å². The quantitative estimate of drug-likeness (QED) is 0.410. The maximum atomic E-state index is 12.4. The van der Waals surface area contributed by atoms with Gasteiger partial charge in [0.05, 0.1) is 4.90 Å². The molecule has 0 bridgehead atoms. The number of nitrogens with one attached hydrogen (secondary N) is 2. The van der Waals surface area contributed by atoms with E-state index in [0.29, 0.717) is 18.8 Å². The van der Waals surface area contributed by atoms with E-state index >= 15 is 0 Å². The third kappa shape index (κ3) is 6.88. The molecule has 0 amide bonds. The maximum absolute atomic E-state index is 12.4. The molecule has 3 aromatic rings. The Morgan fingerprint density at radius 1 is 0.867 bits per heavy atom. The van der Waals surface area contributed by atoms with Crippen molar-refractivity contribution in [1.82, 2.24) is 5.32 Å². The molecule has 0 fully saturated rings. The summed E-state index contributed by atoms with van der Waals surface area (Å²) in [5, 5.41) is 13.2. The molecule has 0 heterocycles. The van der Waals surface area contributed by atoms with Crippen molar-refractivity contribution < 1.29 is 18.3 Å². The van der Waals surface area contributed by atoms with E-state index in [1.165, 1.54) is 0 Å². The predicted molar refractivity (Wildman–Crippen MR) is 118 cm³/mol. The first-order valence-electron chi connectivity index (χ1n) is 9.76. The van der Waals surface area contributed by atoms with E-state index in [-0.39, 0.29) is 11.5 Å². The van der Waals surface area contributed by atoms with Crippen LogP contribution < -0.4 is 14.8 Å². The molecule has 0 aliphatic carbocycles. The average molecular weight is 427 g/mol. The molecular formula is C23H26N2O4S. The van der Waals surface area contributed by atoms with Crippen molar-refractivity contribution in [3.05, 3.63) is 90.5 Å². The van der Waals surface area contributed by atoms with Crippen LogP contribution in [-0.4, -0.2) is 39.3 Å². The maximum Gasteiger partial charge on any atom is 0.261 e. The minimum absolute atomic E-state index is 0.229. The van der Waals surface area contributed by atoms with Gasteiger partial charge in [0.2, 0.25) is 0 Å². The van der Waals surface area contributed by atoms with Gasteiger partial charge in [-0.15, -0.1) is 0 Å². The summed E-state index contributed by atoms with van der Waals surface area (Å²) in [5.74, 6) is 0.736. The topological polar surface area (TPSA) is 87.7 Å². The number of hydrogen-bond donors (Lipinski definition) is 3. The zero-order chi connectivity index (χ0) is 21.2. The number of anilines is 1. The van der Waals surface area contributed by atoms with Crippen LogP contribution in [0.2, 0.25) is 0 Å². The normalized spacial score (nSPS) is 12.3. The first kappa shape index (κ1) is 21.8. The molecule has 6 nitrogen and oxygen atoms in total. The highest BCUT2D eigenvalue weighted by atomic mass is 32.2. The van der Waals surface area contributed by atoms with Crippen molar-refractivity contribution in [2.24, 2.45) is 0 Å². The van der Waals surface area contributed by atoms with Crippen LogP contribution in [0.4, 0.5) is 5.69 Å². The first-order chi connectivity index (χ1) is 14.5. The number of benzene rings is 3. The van der Waals surface area contributed by atoms with Crippen LogP contribution in [0.3, 0.4) is 0 Å². The summed E-state index contributed by atoms with van der Waals surface area (Å²) in [4.78, 5) is 0.230. The number of para-hydroxylation sites is 1. The molecule has 0 spiro atoms. The third-order valence-corrected chi connectivity index (χ3v) is 5.81. The molecule has 7 heteroatoms. The first-order valence-corrected chi connectivity index (χ1v) is 11.2. The molecule has 30 heavy (non-hydrogen) atoms. The lowest BCUT2D eigenvalue weighted by molar-refractivity contribution is 0.106. The van der Waals surface area contributed by atoms with Gasteiger partial charge in [0.1, 0.15) is 18.5 Å². The average Bonchev–Trinajstić information content (AvgIpc) is 2.77. The van der Waals surface area contributed by atoms with Gasteiger partial charge in [0.15, 0.2) is 0 Å². The lowest BCUT2D eigenvalue weighted by atomic mass is 10.1. The fraction of sp³-hybridized carbons (Fsp3) is 0.217. The van der Waals surface area contributed by atoms with E-state index < -0.39 is 16.1 Å². The molecule has 0 unspecified atom stereocenters. The van der Waals surface area contributed by atoms with Crippen molar-refractivity contribution in [3.8, 4) is 5.75 Å². The van der Waals surface area contributed by atoms with Crippen molar-refractivity contribution >= 4 is 15.7 Å². The highest BCUT2D eigenvalue weighted by molar-refractivity contribution is 7.92. The minimum atomic E-state index is -3.58. The highest BCUT2D eigenvalue weighted by Gasteiger charge is 2.13. The van der Waals surface area contributed by atoms with Crippen molar-refractivity contribution in [3.63, 3.8) is 0 Å². The number of ether oxygens (including phenoxy) is 1. The summed E-state index contributed by atoms with van der Waals surface area (Å²) in [6, 6.07) is 24.9. The summed E-state index contributed by atoms with van der Waals surface area (Å²) < 4.78 is 32.8. The Bertz CT molecular complexity index is 994. The highest BCUT2D eigenvalue weighted by Crippen LogP contribution is 2.16. The van der Waals surface area contributed by atoms with E-state index in [1.807, 2.05) is 42.5 Å². The zero-order valence-electron chi connectivity index (χ0n) is 16.6. The fourth-order valence-electron chi connectivity index (χ4n) is 2.82. The van der Waals surface area contributed by atoms with Gasteiger partial charge < -0.3 is 15.2 Å². The number of aliphatic hydroxyl groups is 1. The van der Waals surface area contributed by atoms with E-state index in [2.05, 4.69) is 10.0 Å². The predicted octanol–water partition coefficient (Wildman–Crippen LogP) is 3.06. The van der Waals surface area contributed by atoms with Gasteiger partial charge in [-0.1, -0.05) is 48.5 Å². The SMILES string of the molecule is O=S(=O)(Nc1ccc(CCNC[C@H](O)COc2ccccc2)cc1)c1ccccc1. The van der Waals surface area contributed by atoms with E-state index in [9.17, 15) is 13.5 Å². The Morgan fingerprint density at radius 2 is 1.50 bits per heavy atom. The monoisotopic (exact) mass is 426 g/mol.